The molecule has 9 nitrogen and oxygen atoms in total. The monoisotopic (exact) mass is 369 g/mol. The van der Waals surface area contributed by atoms with E-state index in [4.69, 9.17) is 13.8 Å². The van der Waals surface area contributed by atoms with Crippen LogP contribution in [0.2, 0.25) is 0 Å². The van der Waals surface area contributed by atoms with Gasteiger partial charge in [-0.25, -0.2) is 14.4 Å². The predicted molar refractivity (Wildman–Crippen MR) is 91.1 cm³/mol. The third kappa shape index (κ3) is 2.74. The Kier molecular flexibility index (Phi) is 4.31. The van der Waals surface area contributed by atoms with Gasteiger partial charge in [-0.05, 0) is 12.8 Å². The highest BCUT2D eigenvalue weighted by molar-refractivity contribution is 8.41. The Balaban J connectivity index is 1.59. The van der Waals surface area contributed by atoms with Crippen LogP contribution in [0.1, 0.15) is 19.1 Å². The van der Waals surface area contributed by atoms with E-state index in [0.29, 0.717) is 23.5 Å². The van der Waals surface area contributed by atoms with Crippen LogP contribution < -0.4 is 5.56 Å². The molecule has 0 bridgehead atoms. The van der Waals surface area contributed by atoms with Crippen LogP contribution in [-0.2, 0) is 13.8 Å². The van der Waals surface area contributed by atoms with Crippen molar-refractivity contribution in [3.63, 3.8) is 0 Å². The summed E-state index contributed by atoms with van der Waals surface area (Å²) < 4.78 is 19.8. The minimum absolute atomic E-state index is 0.0402. The second kappa shape index (κ2) is 6.45. The minimum Gasteiger partial charge on any atom is -0.352 e. The molecule has 0 amide bonds. The predicted octanol–water partition coefficient (Wildman–Crippen LogP) is 1.87. The first-order valence-corrected chi connectivity index (χ1v) is 9.74. The van der Waals surface area contributed by atoms with Gasteiger partial charge >= 0.3 is 0 Å². The van der Waals surface area contributed by atoms with Gasteiger partial charge in [-0.1, -0.05) is 12.2 Å². The minimum atomic E-state index is -1.16. The summed E-state index contributed by atoms with van der Waals surface area (Å²) in [5.74, 6) is 0.480. The van der Waals surface area contributed by atoms with Crippen molar-refractivity contribution in [1.82, 2.24) is 23.9 Å². The summed E-state index contributed by atoms with van der Waals surface area (Å²) in [6.45, 7) is 0.424. The van der Waals surface area contributed by atoms with Gasteiger partial charge in [0.25, 0.3) is 5.56 Å². The first-order chi connectivity index (χ1) is 11.7. The number of hydrogen-bond donors (Lipinski definition) is 2. The molecule has 3 aromatic rings. The molecule has 3 atom stereocenters. The highest BCUT2D eigenvalue weighted by Crippen LogP contribution is 2.43. The number of aromatic amines is 1. The zero-order chi connectivity index (χ0) is 16.7. The first kappa shape index (κ1) is 16.0. The maximum Gasteiger partial charge on any atom is 0.287 e. The van der Waals surface area contributed by atoms with E-state index in [1.54, 1.807) is 25.8 Å². The van der Waals surface area contributed by atoms with E-state index in [0.717, 1.165) is 12.8 Å². The number of ether oxygens (including phenoxy) is 1. The van der Waals surface area contributed by atoms with Gasteiger partial charge < -0.3 is 18.8 Å². The summed E-state index contributed by atoms with van der Waals surface area (Å²) in [6.07, 6.45) is 6.21. The number of nitrogens with zero attached hydrogens (tertiary/aromatic N) is 4. The van der Waals surface area contributed by atoms with E-state index >= 15 is 0 Å². The summed E-state index contributed by atoms with van der Waals surface area (Å²) in [6, 6.07) is 0. The zero-order valence-corrected chi connectivity index (χ0v) is 14.6. The lowest BCUT2D eigenvalue weighted by Crippen LogP contribution is -2.17. The van der Waals surface area contributed by atoms with Crippen molar-refractivity contribution in [2.24, 2.45) is 0 Å². The van der Waals surface area contributed by atoms with E-state index in [1.165, 1.54) is 4.40 Å². The molecule has 4 heterocycles. The fourth-order valence-corrected chi connectivity index (χ4v) is 3.45. The van der Waals surface area contributed by atoms with Gasteiger partial charge in [-0.2, -0.15) is 0 Å². The standard InChI is InChI=1S/C13H16N5O4PS/c1-20-23(24)21-6-8-2-3-9(22-8)18-7-15-10-11(18)16-13-14-4-5-17(13)12(10)19/h4-5,7-9,24H,2-3,6H2,1H3,(H,14,16). The van der Waals surface area contributed by atoms with Crippen molar-refractivity contribution in [2.45, 2.75) is 25.2 Å². The molecule has 3 unspecified atom stereocenters. The molecule has 3 aromatic heterocycles. The SMILES string of the molecule is COP(S)OCC1CCC(n2cnc3c(=O)n4ccnc4[nH]c32)O1. The smallest absolute Gasteiger partial charge is 0.287 e. The molecule has 1 N–H and O–H groups in total. The number of hydrogen-bond acceptors (Lipinski definition) is 7. The average Bonchev–Trinajstić information content (AvgIpc) is 3.31. The van der Waals surface area contributed by atoms with Crippen molar-refractivity contribution in [1.29, 1.82) is 0 Å². The van der Waals surface area contributed by atoms with Crippen molar-refractivity contribution in [3.8, 4) is 0 Å². The van der Waals surface area contributed by atoms with Gasteiger partial charge in [0.15, 0.2) is 5.52 Å². The van der Waals surface area contributed by atoms with E-state index in [-0.39, 0.29) is 17.9 Å². The number of thiol groups is 1. The first-order valence-electron chi connectivity index (χ1n) is 7.40. The molecule has 1 aliphatic heterocycles. The van der Waals surface area contributed by atoms with Crippen molar-refractivity contribution >= 4 is 36.8 Å². The quantitative estimate of drug-likeness (QED) is 0.527. The maximum atomic E-state index is 12.4. The highest BCUT2D eigenvalue weighted by Gasteiger charge is 2.29. The molecule has 4 rings (SSSR count). The van der Waals surface area contributed by atoms with Gasteiger partial charge in [0.1, 0.15) is 11.9 Å². The molecule has 24 heavy (non-hydrogen) atoms. The number of rotatable bonds is 5. The molecule has 1 saturated heterocycles. The number of nitrogens with one attached hydrogen (secondary N) is 1. The zero-order valence-electron chi connectivity index (χ0n) is 12.8. The van der Waals surface area contributed by atoms with E-state index in [9.17, 15) is 4.79 Å². The lowest BCUT2D eigenvalue weighted by Gasteiger charge is -2.16. The summed E-state index contributed by atoms with van der Waals surface area (Å²) >= 11 is 4.17. The van der Waals surface area contributed by atoms with Crippen molar-refractivity contribution in [3.05, 3.63) is 29.1 Å². The van der Waals surface area contributed by atoms with Crippen LogP contribution in [0.3, 0.4) is 0 Å². The number of H-pyrrole nitrogens is 1. The van der Waals surface area contributed by atoms with Crippen LogP contribution in [-0.4, -0.2) is 43.7 Å². The molecule has 128 valence electrons. The van der Waals surface area contributed by atoms with E-state index in [1.807, 2.05) is 4.57 Å². The van der Waals surface area contributed by atoms with Gasteiger partial charge in [0.2, 0.25) is 13.4 Å². The van der Waals surface area contributed by atoms with Gasteiger partial charge in [-0.3, -0.25) is 9.36 Å². The normalized spacial score (nSPS) is 22.6. The molecule has 11 heteroatoms. The number of fused-ring (bicyclic) bond motifs is 2. The second-order valence-electron chi connectivity index (χ2n) is 5.41. The fraction of sp³-hybridized carbons (Fsp3) is 0.462. The molecule has 1 aliphatic rings. The molecule has 0 aromatic carbocycles. The number of imidazole rings is 2. The molecule has 0 spiro atoms. The van der Waals surface area contributed by atoms with Crippen LogP contribution in [0.5, 0.6) is 0 Å². The molecule has 1 fully saturated rings. The van der Waals surface area contributed by atoms with Gasteiger partial charge in [0, 0.05) is 19.5 Å². The summed E-state index contributed by atoms with van der Waals surface area (Å²) in [7, 11) is 0.393. The lowest BCUT2D eigenvalue weighted by atomic mass is 10.2. The largest absolute Gasteiger partial charge is 0.352 e. The van der Waals surface area contributed by atoms with Crippen molar-refractivity contribution in [2.75, 3.05) is 13.7 Å². The van der Waals surface area contributed by atoms with Gasteiger partial charge in [0.05, 0.1) is 19.0 Å². The van der Waals surface area contributed by atoms with E-state index < -0.39 is 7.58 Å². The summed E-state index contributed by atoms with van der Waals surface area (Å²) in [5, 5.41) is 0. The van der Waals surface area contributed by atoms with Crippen LogP contribution in [0.25, 0.3) is 16.9 Å². The van der Waals surface area contributed by atoms with E-state index in [2.05, 4.69) is 27.2 Å². The van der Waals surface area contributed by atoms with Gasteiger partial charge in [-0.15, -0.1) is 0 Å². The molecular formula is C13H16N5O4PS. The third-order valence-corrected chi connectivity index (χ3v) is 5.53. The lowest BCUT2D eigenvalue weighted by molar-refractivity contribution is -0.0153. The summed E-state index contributed by atoms with van der Waals surface area (Å²) in [5.41, 5.74) is 0.773. The Morgan fingerprint density at radius 3 is 3.21 bits per heavy atom. The van der Waals surface area contributed by atoms with Crippen LogP contribution in [0.4, 0.5) is 0 Å². The summed E-state index contributed by atoms with van der Waals surface area (Å²) in [4.78, 5) is 23.9. The van der Waals surface area contributed by atoms with Crippen LogP contribution in [0, 0.1) is 0 Å². The molecular weight excluding hydrogens is 353 g/mol. The number of aromatic nitrogens is 5. The Hall–Kier alpha value is -1.45. The van der Waals surface area contributed by atoms with Crippen LogP contribution >= 0.6 is 19.8 Å². The Bertz CT molecular complexity index is 924. The Morgan fingerprint density at radius 2 is 2.38 bits per heavy atom. The average molecular weight is 369 g/mol. The topological polar surface area (TPSA) is 95.7 Å². The molecule has 0 aliphatic carbocycles. The maximum absolute atomic E-state index is 12.4. The highest BCUT2D eigenvalue weighted by atomic mass is 32.7. The molecule has 0 radical (unpaired) electrons. The van der Waals surface area contributed by atoms with Crippen LogP contribution in [0.15, 0.2) is 23.5 Å². The molecule has 0 saturated carbocycles. The van der Waals surface area contributed by atoms with Crippen molar-refractivity contribution < 1.29 is 13.8 Å². The second-order valence-corrected chi connectivity index (χ2v) is 7.49. The Labute approximate surface area is 143 Å². The Morgan fingerprint density at radius 1 is 1.50 bits per heavy atom. The fourth-order valence-electron chi connectivity index (χ4n) is 2.85. The third-order valence-electron chi connectivity index (χ3n) is 4.01.